The zero-order valence-electron chi connectivity index (χ0n) is 9.75. The van der Waals surface area contributed by atoms with Crippen LogP contribution in [-0.4, -0.2) is 27.8 Å². The summed E-state index contributed by atoms with van der Waals surface area (Å²) < 4.78 is 0. The van der Waals surface area contributed by atoms with Gasteiger partial charge in [-0.15, -0.1) is 11.3 Å². The predicted molar refractivity (Wildman–Crippen MR) is 66.9 cm³/mol. The van der Waals surface area contributed by atoms with Crippen LogP contribution in [0.2, 0.25) is 0 Å². The van der Waals surface area contributed by atoms with Gasteiger partial charge in [-0.3, -0.25) is 9.78 Å². The Morgan fingerprint density at radius 1 is 1.47 bits per heavy atom. The molecule has 0 saturated heterocycles. The van der Waals surface area contributed by atoms with Gasteiger partial charge >= 0.3 is 0 Å². The van der Waals surface area contributed by atoms with E-state index in [-0.39, 0.29) is 5.91 Å². The lowest BCUT2D eigenvalue weighted by atomic mass is 10.3. The number of aryl methyl sites for hydroxylation is 1. The molecule has 4 nitrogen and oxygen atoms in total. The van der Waals surface area contributed by atoms with E-state index in [1.54, 1.807) is 29.5 Å². The van der Waals surface area contributed by atoms with Crippen molar-refractivity contribution in [3.8, 4) is 0 Å². The summed E-state index contributed by atoms with van der Waals surface area (Å²) in [6.07, 6.45) is 4.57. The molecule has 0 radical (unpaired) electrons. The molecule has 1 amide bonds. The summed E-state index contributed by atoms with van der Waals surface area (Å²) in [5.41, 5.74) is 1.60. The Kier molecular flexibility index (Phi) is 3.49. The molecule has 2 aromatic heterocycles. The SMILES string of the molecule is Cc1ccsc1CN(C)C(=O)c1cnccn1. The molecule has 0 aliphatic rings. The summed E-state index contributed by atoms with van der Waals surface area (Å²) in [6, 6.07) is 2.06. The van der Waals surface area contributed by atoms with Crippen molar-refractivity contribution in [2.75, 3.05) is 7.05 Å². The van der Waals surface area contributed by atoms with Crippen LogP contribution in [0.15, 0.2) is 30.0 Å². The maximum atomic E-state index is 12.0. The van der Waals surface area contributed by atoms with Crippen LogP contribution in [0.1, 0.15) is 20.9 Å². The molecule has 0 fully saturated rings. The lowest BCUT2D eigenvalue weighted by Crippen LogP contribution is -2.26. The lowest BCUT2D eigenvalue weighted by Gasteiger charge is -2.15. The Morgan fingerprint density at radius 2 is 2.29 bits per heavy atom. The highest BCUT2D eigenvalue weighted by Crippen LogP contribution is 2.17. The van der Waals surface area contributed by atoms with Crippen LogP contribution >= 0.6 is 11.3 Å². The van der Waals surface area contributed by atoms with Gasteiger partial charge < -0.3 is 4.90 Å². The fourth-order valence-corrected chi connectivity index (χ4v) is 2.42. The van der Waals surface area contributed by atoms with Crippen molar-refractivity contribution in [2.45, 2.75) is 13.5 Å². The first-order chi connectivity index (χ1) is 8.18. The largest absolute Gasteiger partial charge is 0.335 e. The first-order valence-corrected chi connectivity index (χ1v) is 6.11. The van der Waals surface area contributed by atoms with Gasteiger partial charge in [-0.25, -0.2) is 4.98 Å². The summed E-state index contributed by atoms with van der Waals surface area (Å²) in [4.78, 5) is 22.8. The number of thiophene rings is 1. The molecule has 0 atom stereocenters. The summed E-state index contributed by atoms with van der Waals surface area (Å²) in [5.74, 6) is -0.106. The highest BCUT2D eigenvalue weighted by Gasteiger charge is 2.14. The molecule has 0 spiro atoms. The van der Waals surface area contributed by atoms with Gasteiger partial charge in [0.2, 0.25) is 0 Å². The molecular formula is C12H13N3OS. The molecule has 2 aromatic rings. The van der Waals surface area contributed by atoms with Crippen molar-refractivity contribution in [2.24, 2.45) is 0 Å². The smallest absolute Gasteiger partial charge is 0.274 e. The Labute approximate surface area is 104 Å². The highest BCUT2D eigenvalue weighted by atomic mass is 32.1. The number of hydrogen-bond acceptors (Lipinski definition) is 4. The zero-order valence-corrected chi connectivity index (χ0v) is 10.6. The third-order valence-electron chi connectivity index (χ3n) is 2.48. The molecule has 0 saturated carbocycles. The molecule has 0 aromatic carbocycles. The highest BCUT2D eigenvalue weighted by molar-refractivity contribution is 7.10. The molecule has 0 bridgehead atoms. The Balaban J connectivity index is 2.09. The van der Waals surface area contributed by atoms with Crippen molar-refractivity contribution in [3.05, 3.63) is 46.2 Å². The Hall–Kier alpha value is -1.75. The van der Waals surface area contributed by atoms with Crippen LogP contribution < -0.4 is 0 Å². The maximum Gasteiger partial charge on any atom is 0.274 e. The molecule has 0 unspecified atom stereocenters. The minimum absolute atomic E-state index is 0.106. The van der Waals surface area contributed by atoms with Crippen molar-refractivity contribution in [1.29, 1.82) is 0 Å². The Morgan fingerprint density at radius 3 is 2.88 bits per heavy atom. The van der Waals surface area contributed by atoms with E-state index >= 15 is 0 Å². The van der Waals surface area contributed by atoms with E-state index in [1.165, 1.54) is 22.8 Å². The third-order valence-corrected chi connectivity index (χ3v) is 3.49. The molecular weight excluding hydrogens is 234 g/mol. The van der Waals surface area contributed by atoms with Gasteiger partial charge in [-0.2, -0.15) is 0 Å². The summed E-state index contributed by atoms with van der Waals surface area (Å²) in [6.45, 7) is 2.66. The topological polar surface area (TPSA) is 46.1 Å². The zero-order chi connectivity index (χ0) is 12.3. The second-order valence-electron chi connectivity index (χ2n) is 3.78. The Bertz CT molecular complexity index is 509. The number of carbonyl (C=O) groups excluding carboxylic acids is 1. The number of hydrogen-bond donors (Lipinski definition) is 0. The van der Waals surface area contributed by atoms with E-state index in [4.69, 9.17) is 0 Å². The van der Waals surface area contributed by atoms with Crippen molar-refractivity contribution >= 4 is 17.2 Å². The second-order valence-corrected chi connectivity index (χ2v) is 4.78. The van der Waals surface area contributed by atoms with Gasteiger partial charge in [0, 0.05) is 24.3 Å². The van der Waals surface area contributed by atoms with Crippen LogP contribution in [0.25, 0.3) is 0 Å². The van der Waals surface area contributed by atoms with Gasteiger partial charge in [0.25, 0.3) is 5.91 Å². The first-order valence-electron chi connectivity index (χ1n) is 5.23. The van der Waals surface area contributed by atoms with Gasteiger partial charge in [0.15, 0.2) is 0 Å². The molecule has 17 heavy (non-hydrogen) atoms. The van der Waals surface area contributed by atoms with Crippen molar-refractivity contribution in [3.63, 3.8) is 0 Å². The third kappa shape index (κ3) is 2.68. The van der Waals surface area contributed by atoms with Gasteiger partial charge in [-0.05, 0) is 23.9 Å². The van der Waals surface area contributed by atoms with Gasteiger partial charge in [-0.1, -0.05) is 0 Å². The monoisotopic (exact) mass is 247 g/mol. The van der Waals surface area contributed by atoms with E-state index in [0.29, 0.717) is 12.2 Å². The van der Waals surface area contributed by atoms with Gasteiger partial charge in [0.05, 0.1) is 12.7 Å². The molecule has 0 aliphatic carbocycles. The minimum atomic E-state index is -0.106. The van der Waals surface area contributed by atoms with E-state index in [1.807, 2.05) is 12.3 Å². The van der Waals surface area contributed by atoms with Crippen LogP contribution in [0, 0.1) is 6.92 Å². The normalized spacial score (nSPS) is 10.2. The molecule has 2 rings (SSSR count). The van der Waals surface area contributed by atoms with Crippen LogP contribution in [-0.2, 0) is 6.54 Å². The van der Waals surface area contributed by atoms with E-state index in [9.17, 15) is 4.79 Å². The average Bonchev–Trinajstić information content (AvgIpc) is 2.75. The molecule has 88 valence electrons. The van der Waals surface area contributed by atoms with Crippen LogP contribution in [0.4, 0.5) is 0 Å². The quantitative estimate of drug-likeness (QED) is 0.834. The number of aromatic nitrogens is 2. The average molecular weight is 247 g/mol. The second kappa shape index (κ2) is 5.05. The maximum absolute atomic E-state index is 12.0. The fourth-order valence-electron chi connectivity index (χ4n) is 1.46. The van der Waals surface area contributed by atoms with Crippen molar-refractivity contribution in [1.82, 2.24) is 14.9 Å². The number of amides is 1. The number of carbonyl (C=O) groups is 1. The fraction of sp³-hybridized carbons (Fsp3) is 0.250. The number of nitrogens with zero attached hydrogens (tertiary/aromatic N) is 3. The predicted octanol–water partition coefficient (Wildman–Crippen LogP) is 2.12. The van der Waals surface area contributed by atoms with Crippen LogP contribution in [0.3, 0.4) is 0 Å². The van der Waals surface area contributed by atoms with Crippen LogP contribution in [0.5, 0.6) is 0 Å². The lowest BCUT2D eigenvalue weighted by molar-refractivity contribution is 0.0780. The van der Waals surface area contributed by atoms with E-state index in [0.717, 1.165) is 0 Å². The van der Waals surface area contributed by atoms with E-state index in [2.05, 4.69) is 16.0 Å². The summed E-state index contributed by atoms with van der Waals surface area (Å²) in [7, 11) is 1.77. The number of rotatable bonds is 3. The molecule has 0 aliphatic heterocycles. The van der Waals surface area contributed by atoms with Gasteiger partial charge in [0.1, 0.15) is 5.69 Å². The minimum Gasteiger partial charge on any atom is -0.335 e. The summed E-state index contributed by atoms with van der Waals surface area (Å²) >= 11 is 1.66. The molecule has 5 heteroatoms. The molecule has 0 N–H and O–H groups in total. The van der Waals surface area contributed by atoms with E-state index < -0.39 is 0 Å². The van der Waals surface area contributed by atoms with Crippen molar-refractivity contribution < 1.29 is 4.79 Å². The molecule has 2 heterocycles. The standard InChI is InChI=1S/C12H13N3OS/c1-9-3-6-17-11(9)8-15(2)12(16)10-7-13-4-5-14-10/h3-7H,8H2,1-2H3. The summed E-state index contributed by atoms with van der Waals surface area (Å²) in [5, 5.41) is 2.03. The first kappa shape index (κ1) is 11.7.